The first-order valence-corrected chi connectivity index (χ1v) is 11.9. The van der Waals surface area contributed by atoms with Crippen LogP contribution in [0.2, 0.25) is 0 Å². The molecule has 2 aromatic rings. The van der Waals surface area contributed by atoms with E-state index < -0.39 is 40.1 Å². The topological polar surface area (TPSA) is 84.0 Å². The Balaban J connectivity index is 1.57. The molecular weight excluding hydrogens is 461 g/mol. The molecule has 7 nitrogen and oxygen atoms in total. The number of sulfone groups is 1. The number of benzene rings is 2. The fourth-order valence-corrected chi connectivity index (χ4v) is 4.53. The summed E-state index contributed by atoms with van der Waals surface area (Å²) in [7, 11) is -3.65. The number of hydrogen-bond acceptors (Lipinski definition) is 6. The molecule has 0 radical (unpaired) electrons. The zero-order chi connectivity index (χ0) is 24.2. The summed E-state index contributed by atoms with van der Waals surface area (Å²) in [4.78, 5) is 27.9. The number of carbonyl (C=O) groups excluding carboxylic acids is 2. The number of halogens is 3. The molecule has 0 N–H and O–H groups in total. The largest absolute Gasteiger partial charge is 0.452 e. The van der Waals surface area contributed by atoms with Crippen LogP contribution in [0.5, 0.6) is 0 Å². The van der Waals surface area contributed by atoms with Crippen LogP contribution >= 0.6 is 0 Å². The monoisotopic (exact) mass is 484 g/mol. The third-order valence-electron chi connectivity index (χ3n) is 5.32. The minimum atomic E-state index is -4.44. The quantitative estimate of drug-likeness (QED) is 0.587. The van der Waals surface area contributed by atoms with Crippen LogP contribution in [0.25, 0.3) is 0 Å². The second-order valence-electron chi connectivity index (χ2n) is 7.39. The fourth-order valence-electron chi connectivity index (χ4n) is 3.45. The predicted octanol–water partition coefficient (Wildman–Crippen LogP) is 3.00. The fraction of sp³-hybridized carbons (Fsp3) is 0.364. The Morgan fingerprint density at radius 1 is 1.00 bits per heavy atom. The van der Waals surface area contributed by atoms with Crippen LogP contribution in [0, 0.1) is 0 Å². The number of nitrogens with zero attached hydrogens (tertiary/aromatic N) is 2. The Hall–Kier alpha value is -3.08. The van der Waals surface area contributed by atoms with Gasteiger partial charge >= 0.3 is 12.1 Å². The highest BCUT2D eigenvalue weighted by Crippen LogP contribution is 2.31. The highest BCUT2D eigenvalue weighted by Gasteiger charge is 2.31. The van der Waals surface area contributed by atoms with E-state index in [2.05, 4.69) is 0 Å². The van der Waals surface area contributed by atoms with Gasteiger partial charge in [-0.05, 0) is 30.3 Å². The molecule has 0 unspecified atom stereocenters. The highest BCUT2D eigenvalue weighted by molar-refractivity contribution is 7.91. The number of ether oxygens (including phenoxy) is 1. The van der Waals surface area contributed by atoms with Gasteiger partial charge in [-0.2, -0.15) is 13.2 Å². The van der Waals surface area contributed by atoms with Crippen molar-refractivity contribution in [2.24, 2.45) is 0 Å². The van der Waals surface area contributed by atoms with Crippen molar-refractivity contribution in [1.82, 2.24) is 4.90 Å². The maximum atomic E-state index is 12.9. The Morgan fingerprint density at radius 3 is 2.30 bits per heavy atom. The second-order valence-corrected chi connectivity index (χ2v) is 9.64. The van der Waals surface area contributed by atoms with Crippen molar-refractivity contribution in [2.45, 2.75) is 18.0 Å². The molecule has 1 saturated heterocycles. The summed E-state index contributed by atoms with van der Waals surface area (Å²) in [5.74, 6) is -1.58. The van der Waals surface area contributed by atoms with E-state index in [-0.39, 0.29) is 29.3 Å². The third-order valence-corrected chi connectivity index (χ3v) is 7.11. The van der Waals surface area contributed by atoms with E-state index in [4.69, 9.17) is 4.74 Å². The molecule has 0 spiro atoms. The van der Waals surface area contributed by atoms with Gasteiger partial charge in [0.25, 0.3) is 5.91 Å². The maximum Gasteiger partial charge on any atom is 0.416 e. The molecule has 1 aliphatic heterocycles. The van der Waals surface area contributed by atoms with Crippen molar-refractivity contribution in [2.75, 3.05) is 43.4 Å². The third kappa shape index (κ3) is 5.84. The first-order chi connectivity index (χ1) is 15.5. The molecule has 1 heterocycles. The molecule has 33 heavy (non-hydrogen) atoms. The first-order valence-electron chi connectivity index (χ1n) is 10.2. The summed E-state index contributed by atoms with van der Waals surface area (Å²) in [6, 6.07) is 10.6. The van der Waals surface area contributed by atoms with Gasteiger partial charge in [-0.3, -0.25) is 4.79 Å². The van der Waals surface area contributed by atoms with Gasteiger partial charge in [0.2, 0.25) is 0 Å². The van der Waals surface area contributed by atoms with Gasteiger partial charge in [0.15, 0.2) is 16.4 Å². The molecule has 0 aliphatic carbocycles. The molecule has 0 saturated carbocycles. The Kier molecular flexibility index (Phi) is 7.31. The van der Waals surface area contributed by atoms with E-state index in [9.17, 15) is 31.2 Å². The van der Waals surface area contributed by atoms with Crippen molar-refractivity contribution in [3.63, 3.8) is 0 Å². The van der Waals surface area contributed by atoms with Crippen LogP contribution in [0.1, 0.15) is 22.8 Å². The van der Waals surface area contributed by atoms with Gasteiger partial charge in [-0.1, -0.05) is 25.1 Å². The lowest BCUT2D eigenvalue weighted by Crippen LogP contribution is -2.50. The normalized spacial score (nSPS) is 14.8. The lowest BCUT2D eigenvalue weighted by molar-refractivity contribution is -0.137. The van der Waals surface area contributed by atoms with Crippen molar-refractivity contribution in [3.8, 4) is 0 Å². The van der Waals surface area contributed by atoms with E-state index >= 15 is 0 Å². The standard InChI is InChI=1S/C22H23F3N2O5S/c1-2-33(30,31)19-9-4-3-8-18(19)21(29)32-15-20(28)27-12-10-26(11-13-27)17-7-5-6-16(14-17)22(23,24)25/h3-9,14H,2,10-13,15H2,1H3. The first kappa shape index (κ1) is 24.6. The number of hydrogen-bond donors (Lipinski definition) is 0. The minimum absolute atomic E-state index is 0.137. The average Bonchev–Trinajstić information content (AvgIpc) is 2.82. The van der Waals surface area contributed by atoms with Gasteiger partial charge in [-0.25, -0.2) is 13.2 Å². The zero-order valence-corrected chi connectivity index (χ0v) is 18.7. The Morgan fingerprint density at radius 2 is 1.67 bits per heavy atom. The highest BCUT2D eigenvalue weighted by atomic mass is 32.2. The number of alkyl halides is 3. The Labute approximate surface area is 189 Å². The molecule has 1 aliphatic rings. The van der Waals surface area contributed by atoms with Crippen molar-refractivity contribution < 1.29 is 35.9 Å². The summed E-state index contributed by atoms with van der Waals surface area (Å²) in [6.45, 7) is 2.01. The van der Waals surface area contributed by atoms with Crippen molar-refractivity contribution in [3.05, 3.63) is 59.7 Å². The molecule has 178 valence electrons. The minimum Gasteiger partial charge on any atom is -0.452 e. The number of amides is 1. The van der Waals surface area contributed by atoms with E-state index in [0.717, 1.165) is 12.1 Å². The summed E-state index contributed by atoms with van der Waals surface area (Å²) in [5.41, 5.74) is -0.464. The SMILES string of the molecule is CCS(=O)(=O)c1ccccc1C(=O)OCC(=O)N1CCN(c2cccc(C(F)(F)F)c2)CC1. The Bertz CT molecular complexity index is 1130. The molecule has 2 aromatic carbocycles. The van der Waals surface area contributed by atoms with Crippen LogP contribution in [0.4, 0.5) is 18.9 Å². The molecule has 1 fully saturated rings. The molecule has 0 atom stereocenters. The number of anilines is 1. The summed E-state index contributed by atoms with van der Waals surface area (Å²) in [5, 5.41) is 0. The van der Waals surface area contributed by atoms with Gasteiger partial charge in [-0.15, -0.1) is 0 Å². The lowest BCUT2D eigenvalue weighted by Gasteiger charge is -2.36. The zero-order valence-electron chi connectivity index (χ0n) is 17.8. The number of carbonyl (C=O) groups is 2. The van der Waals surface area contributed by atoms with E-state index in [1.807, 2.05) is 0 Å². The van der Waals surface area contributed by atoms with Gasteiger partial charge < -0.3 is 14.5 Å². The molecule has 0 aromatic heterocycles. The van der Waals surface area contributed by atoms with Crippen LogP contribution in [0.15, 0.2) is 53.4 Å². The van der Waals surface area contributed by atoms with Gasteiger partial charge in [0, 0.05) is 31.9 Å². The summed E-state index contributed by atoms with van der Waals surface area (Å²) in [6.07, 6.45) is -4.44. The average molecular weight is 484 g/mol. The van der Waals surface area contributed by atoms with Gasteiger partial charge in [0.05, 0.1) is 21.8 Å². The van der Waals surface area contributed by atoms with E-state index in [1.54, 1.807) is 11.0 Å². The number of rotatable bonds is 6. The summed E-state index contributed by atoms with van der Waals surface area (Å²) < 4.78 is 68.2. The summed E-state index contributed by atoms with van der Waals surface area (Å²) >= 11 is 0. The maximum absolute atomic E-state index is 12.9. The van der Waals surface area contributed by atoms with Crippen molar-refractivity contribution >= 4 is 27.4 Å². The molecular formula is C22H23F3N2O5S. The number of esters is 1. The molecule has 1 amide bonds. The molecule has 11 heteroatoms. The molecule has 0 bridgehead atoms. The predicted molar refractivity (Wildman–Crippen MR) is 115 cm³/mol. The smallest absolute Gasteiger partial charge is 0.416 e. The second kappa shape index (κ2) is 9.82. The molecule has 3 rings (SSSR count). The number of piperazine rings is 1. The van der Waals surface area contributed by atoms with E-state index in [1.165, 1.54) is 42.2 Å². The van der Waals surface area contributed by atoms with Crippen LogP contribution < -0.4 is 4.90 Å². The van der Waals surface area contributed by atoms with Crippen LogP contribution in [0.3, 0.4) is 0 Å². The van der Waals surface area contributed by atoms with Crippen LogP contribution in [-0.2, 0) is 25.5 Å². The lowest BCUT2D eigenvalue weighted by atomic mass is 10.1. The van der Waals surface area contributed by atoms with Crippen molar-refractivity contribution in [1.29, 1.82) is 0 Å². The van der Waals surface area contributed by atoms with E-state index in [0.29, 0.717) is 18.8 Å². The van der Waals surface area contributed by atoms with Gasteiger partial charge in [0.1, 0.15) is 0 Å². The van der Waals surface area contributed by atoms with Crippen LogP contribution in [-0.4, -0.2) is 63.7 Å².